The lowest BCUT2D eigenvalue weighted by molar-refractivity contribution is -0.109. The summed E-state index contributed by atoms with van der Waals surface area (Å²) in [6.07, 6.45) is 2.35. The van der Waals surface area contributed by atoms with Crippen molar-refractivity contribution >= 4 is 23.0 Å². The standard InChI is InChI=1S/C18H23N3O2/c1-12-5-4-6-14-16(12)17-13(20-19-11-23)9-18(2,3)10-15(17)21(14)7-8-22/h4-6,11,22H,7-10H2,1-3H3,(H,19,23)/b20-13-. The van der Waals surface area contributed by atoms with Crippen LogP contribution in [0.15, 0.2) is 23.3 Å². The number of carbonyl (C=O) groups is 1. The zero-order valence-electron chi connectivity index (χ0n) is 13.9. The number of hydrogen-bond acceptors (Lipinski definition) is 3. The maximum Gasteiger partial charge on any atom is 0.227 e. The van der Waals surface area contributed by atoms with Gasteiger partial charge in [-0.1, -0.05) is 26.0 Å². The first kappa shape index (κ1) is 15.7. The second-order valence-electron chi connectivity index (χ2n) is 6.99. The molecular formula is C18H23N3O2. The van der Waals surface area contributed by atoms with Gasteiger partial charge in [0.2, 0.25) is 6.41 Å². The molecule has 122 valence electrons. The number of nitrogens with zero attached hydrogens (tertiary/aromatic N) is 2. The van der Waals surface area contributed by atoms with E-state index in [2.05, 4.69) is 48.0 Å². The molecule has 0 saturated carbocycles. The molecule has 2 aromatic rings. The minimum absolute atomic E-state index is 0.0614. The number of benzene rings is 1. The molecule has 1 aliphatic rings. The van der Waals surface area contributed by atoms with E-state index in [1.54, 1.807) is 0 Å². The highest BCUT2D eigenvalue weighted by molar-refractivity contribution is 6.14. The Balaban J connectivity index is 2.35. The predicted molar refractivity (Wildman–Crippen MR) is 91.6 cm³/mol. The molecule has 5 heteroatoms. The van der Waals surface area contributed by atoms with Gasteiger partial charge in [0.1, 0.15) is 0 Å². The van der Waals surface area contributed by atoms with Gasteiger partial charge in [-0.25, -0.2) is 5.43 Å². The molecular weight excluding hydrogens is 290 g/mol. The van der Waals surface area contributed by atoms with Crippen molar-refractivity contribution in [1.29, 1.82) is 0 Å². The molecule has 1 aromatic carbocycles. The van der Waals surface area contributed by atoms with Crippen molar-refractivity contribution in [3.63, 3.8) is 0 Å². The summed E-state index contributed by atoms with van der Waals surface area (Å²) in [5.74, 6) is 0. The Morgan fingerprint density at radius 2 is 2.17 bits per heavy atom. The molecule has 23 heavy (non-hydrogen) atoms. The van der Waals surface area contributed by atoms with Crippen molar-refractivity contribution in [1.82, 2.24) is 9.99 Å². The number of nitrogens with one attached hydrogen (secondary N) is 1. The summed E-state index contributed by atoms with van der Waals surface area (Å²) < 4.78 is 2.20. The van der Waals surface area contributed by atoms with E-state index < -0.39 is 0 Å². The fourth-order valence-corrected chi connectivity index (χ4v) is 3.73. The van der Waals surface area contributed by atoms with Crippen molar-refractivity contribution in [2.24, 2.45) is 10.5 Å². The van der Waals surface area contributed by atoms with Crippen LogP contribution in [0, 0.1) is 12.3 Å². The Kier molecular flexibility index (Phi) is 3.98. The lowest BCUT2D eigenvalue weighted by Gasteiger charge is -2.31. The van der Waals surface area contributed by atoms with Gasteiger partial charge in [0.15, 0.2) is 0 Å². The Morgan fingerprint density at radius 1 is 1.39 bits per heavy atom. The molecule has 0 saturated heterocycles. The molecule has 1 amide bonds. The number of aryl methyl sites for hydroxylation is 1. The first-order chi connectivity index (χ1) is 11.0. The number of hydrazone groups is 1. The van der Waals surface area contributed by atoms with Gasteiger partial charge < -0.3 is 9.67 Å². The third-order valence-corrected chi connectivity index (χ3v) is 4.56. The van der Waals surface area contributed by atoms with Crippen LogP contribution in [0.1, 0.15) is 37.1 Å². The largest absolute Gasteiger partial charge is 0.395 e. The monoisotopic (exact) mass is 313 g/mol. The first-order valence-corrected chi connectivity index (χ1v) is 7.96. The maximum absolute atomic E-state index is 10.7. The van der Waals surface area contributed by atoms with Gasteiger partial charge in [-0.15, -0.1) is 0 Å². The Bertz CT molecular complexity index is 787. The zero-order valence-corrected chi connectivity index (χ0v) is 13.9. The summed E-state index contributed by atoms with van der Waals surface area (Å²) in [5.41, 5.74) is 8.09. The molecule has 0 atom stereocenters. The third kappa shape index (κ3) is 2.65. The van der Waals surface area contributed by atoms with Gasteiger partial charge in [0, 0.05) is 28.7 Å². The summed E-state index contributed by atoms with van der Waals surface area (Å²) in [4.78, 5) is 10.7. The van der Waals surface area contributed by atoms with E-state index in [1.165, 1.54) is 16.6 Å². The summed E-state index contributed by atoms with van der Waals surface area (Å²) in [5, 5.41) is 15.0. The molecule has 5 nitrogen and oxygen atoms in total. The summed E-state index contributed by atoms with van der Waals surface area (Å²) in [7, 11) is 0. The molecule has 0 bridgehead atoms. The van der Waals surface area contributed by atoms with Crippen LogP contribution in [0.3, 0.4) is 0 Å². The number of hydrogen-bond donors (Lipinski definition) is 2. The second kappa shape index (κ2) is 5.81. The van der Waals surface area contributed by atoms with Crippen LogP contribution in [0.2, 0.25) is 0 Å². The fourth-order valence-electron chi connectivity index (χ4n) is 3.73. The molecule has 3 rings (SSSR count). The number of aliphatic hydroxyl groups is 1. The van der Waals surface area contributed by atoms with Gasteiger partial charge in [-0.3, -0.25) is 4.79 Å². The second-order valence-corrected chi connectivity index (χ2v) is 6.99. The SMILES string of the molecule is Cc1cccc2c1c1c(n2CCO)CC(C)(C)C/C1=N/NC=O. The Labute approximate surface area is 136 Å². The first-order valence-electron chi connectivity index (χ1n) is 7.96. The van der Waals surface area contributed by atoms with E-state index in [9.17, 15) is 9.90 Å². The molecule has 0 fully saturated rings. The van der Waals surface area contributed by atoms with Crippen LogP contribution in [0.4, 0.5) is 0 Å². The molecule has 0 radical (unpaired) electrons. The molecule has 1 aromatic heterocycles. The van der Waals surface area contributed by atoms with E-state index in [0.717, 1.165) is 29.6 Å². The third-order valence-electron chi connectivity index (χ3n) is 4.56. The van der Waals surface area contributed by atoms with Crippen LogP contribution < -0.4 is 5.43 Å². The van der Waals surface area contributed by atoms with Crippen molar-refractivity contribution in [2.75, 3.05) is 6.61 Å². The molecule has 0 unspecified atom stereocenters. The zero-order chi connectivity index (χ0) is 16.6. The number of amides is 1. The van der Waals surface area contributed by atoms with Crippen molar-refractivity contribution in [3.05, 3.63) is 35.0 Å². The topological polar surface area (TPSA) is 66.6 Å². The van der Waals surface area contributed by atoms with Crippen LogP contribution in [-0.2, 0) is 17.8 Å². The van der Waals surface area contributed by atoms with Gasteiger partial charge in [-0.05, 0) is 36.8 Å². The summed E-state index contributed by atoms with van der Waals surface area (Å²) in [6.45, 7) is 7.18. The molecule has 0 spiro atoms. The molecule has 1 aliphatic carbocycles. The van der Waals surface area contributed by atoms with E-state index >= 15 is 0 Å². The lowest BCUT2D eigenvalue weighted by atomic mass is 9.75. The van der Waals surface area contributed by atoms with Crippen molar-refractivity contribution in [3.8, 4) is 0 Å². The highest BCUT2D eigenvalue weighted by atomic mass is 16.3. The quantitative estimate of drug-likeness (QED) is 0.672. The average Bonchev–Trinajstić information content (AvgIpc) is 2.80. The van der Waals surface area contributed by atoms with Crippen LogP contribution in [0.25, 0.3) is 10.9 Å². The van der Waals surface area contributed by atoms with Gasteiger partial charge in [-0.2, -0.15) is 5.10 Å². The van der Waals surface area contributed by atoms with E-state index in [0.29, 0.717) is 13.0 Å². The maximum atomic E-state index is 10.7. The molecule has 2 N–H and O–H groups in total. The highest BCUT2D eigenvalue weighted by Crippen LogP contribution is 2.41. The van der Waals surface area contributed by atoms with Gasteiger partial charge in [0.05, 0.1) is 12.3 Å². The van der Waals surface area contributed by atoms with Crippen molar-refractivity contribution < 1.29 is 9.90 Å². The number of carbonyl (C=O) groups excluding carboxylic acids is 1. The van der Waals surface area contributed by atoms with E-state index in [4.69, 9.17) is 0 Å². The summed E-state index contributed by atoms with van der Waals surface area (Å²) >= 11 is 0. The normalized spacial score (nSPS) is 18.2. The van der Waals surface area contributed by atoms with E-state index in [1.807, 2.05) is 6.07 Å². The van der Waals surface area contributed by atoms with E-state index in [-0.39, 0.29) is 12.0 Å². The van der Waals surface area contributed by atoms with Crippen LogP contribution in [0.5, 0.6) is 0 Å². The summed E-state index contributed by atoms with van der Waals surface area (Å²) in [6, 6.07) is 6.23. The lowest BCUT2D eigenvalue weighted by Crippen LogP contribution is -2.30. The van der Waals surface area contributed by atoms with Crippen molar-refractivity contribution in [2.45, 2.75) is 40.2 Å². The number of rotatable bonds is 4. The fraction of sp³-hybridized carbons (Fsp3) is 0.444. The highest BCUT2D eigenvalue weighted by Gasteiger charge is 2.34. The van der Waals surface area contributed by atoms with Gasteiger partial charge in [0.25, 0.3) is 0 Å². The number of aromatic nitrogens is 1. The predicted octanol–water partition coefficient (Wildman–Crippen LogP) is 2.36. The minimum atomic E-state index is 0.0614. The Morgan fingerprint density at radius 3 is 2.87 bits per heavy atom. The number of fused-ring (bicyclic) bond motifs is 3. The Hall–Kier alpha value is -2.14. The molecule has 0 aliphatic heterocycles. The van der Waals surface area contributed by atoms with Crippen LogP contribution >= 0.6 is 0 Å². The number of aliphatic hydroxyl groups excluding tert-OH is 1. The smallest absolute Gasteiger partial charge is 0.227 e. The average molecular weight is 313 g/mol. The minimum Gasteiger partial charge on any atom is -0.395 e. The molecule has 1 heterocycles. The van der Waals surface area contributed by atoms with Crippen LogP contribution in [-0.4, -0.2) is 28.4 Å². The van der Waals surface area contributed by atoms with Gasteiger partial charge >= 0.3 is 0 Å².